The van der Waals surface area contributed by atoms with Crippen LogP contribution in [0.3, 0.4) is 0 Å². The molecule has 1 aromatic heterocycles. The Morgan fingerprint density at radius 2 is 1.86 bits per heavy atom. The first kappa shape index (κ1) is 21.1. The summed E-state index contributed by atoms with van der Waals surface area (Å²) in [4.78, 5) is 14.7. The molecule has 0 radical (unpaired) electrons. The molecule has 1 amide bonds. The maximum Gasteiger partial charge on any atom is 0.501 e. The molecule has 0 bridgehead atoms. The van der Waals surface area contributed by atoms with Gasteiger partial charge < -0.3 is 14.7 Å². The van der Waals surface area contributed by atoms with Gasteiger partial charge >= 0.3 is 5.51 Å². The molecule has 0 saturated carbocycles. The monoisotopic (exact) mass is 432 g/mol. The third-order valence-electron chi connectivity index (χ3n) is 4.44. The van der Waals surface area contributed by atoms with Gasteiger partial charge in [-0.15, -0.1) is 0 Å². The Morgan fingerprint density at radius 1 is 1.21 bits per heavy atom. The molecule has 3 rings (SSSR count). The molecule has 1 saturated heterocycles. The molecule has 1 fully saturated rings. The fourth-order valence-electron chi connectivity index (χ4n) is 3.03. The van der Waals surface area contributed by atoms with Crippen molar-refractivity contribution in [1.29, 1.82) is 0 Å². The van der Waals surface area contributed by atoms with Crippen LogP contribution in [0, 0.1) is 6.92 Å². The number of para-hydroxylation sites is 1. The van der Waals surface area contributed by atoms with Crippen molar-refractivity contribution in [2.45, 2.75) is 17.3 Å². The summed E-state index contributed by atoms with van der Waals surface area (Å²) in [5.74, 6) is 0.561. The minimum Gasteiger partial charge on any atom is -0.368 e. The topological polar surface area (TPSA) is 95.8 Å². The summed E-state index contributed by atoms with van der Waals surface area (Å²) >= 11 is 0. The molecule has 2 heterocycles. The van der Waals surface area contributed by atoms with Crippen molar-refractivity contribution in [3.05, 3.63) is 36.1 Å². The summed E-state index contributed by atoms with van der Waals surface area (Å²) in [6, 6.07) is 6.64. The number of rotatable bonds is 5. The second-order valence-corrected chi connectivity index (χ2v) is 8.46. The predicted molar refractivity (Wildman–Crippen MR) is 98.2 cm³/mol. The van der Waals surface area contributed by atoms with Gasteiger partial charge in [0.15, 0.2) is 5.82 Å². The van der Waals surface area contributed by atoms with Crippen molar-refractivity contribution < 1.29 is 30.9 Å². The van der Waals surface area contributed by atoms with E-state index in [4.69, 9.17) is 4.52 Å². The minimum absolute atomic E-state index is 0.00648. The molecular weight excluding hydrogens is 413 g/mol. The number of piperazine rings is 1. The number of halogens is 3. The highest BCUT2D eigenvalue weighted by molar-refractivity contribution is 7.92. The van der Waals surface area contributed by atoms with Gasteiger partial charge in [-0.25, -0.2) is 8.42 Å². The first-order valence-electron chi connectivity index (χ1n) is 8.69. The largest absolute Gasteiger partial charge is 0.501 e. The highest BCUT2D eigenvalue weighted by atomic mass is 32.2. The molecule has 0 aliphatic carbocycles. The number of amides is 1. The average Bonchev–Trinajstić information content (AvgIpc) is 3.06. The zero-order chi connectivity index (χ0) is 21.2. The molecule has 1 N–H and O–H groups in total. The van der Waals surface area contributed by atoms with Gasteiger partial charge in [0.1, 0.15) is 5.76 Å². The number of anilines is 2. The van der Waals surface area contributed by atoms with Crippen LogP contribution in [0.5, 0.6) is 0 Å². The molecule has 2 aromatic rings. The van der Waals surface area contributed by atoms with Crippen LogP contribution >= 0.6 is 0 Å². The van der Waals surface area contributed by atoms with E-state index in [1.807, 2.05) is 4.90 Å². The third kappa shape index (κ3) is 4.70. The number of alkyl halides is 3. The van der Waals surface area contributed by atoms with Crippen LogP contribution in [0.4, 0.5) is 24.7 Å². The van der Waals surface area contributed by atoms with Crippen LogP contribution in [0.1, 0.15) is 5.76 Å². The Labute approximate surface area is 165 Å². The molecule has 12 heteroatoms. The number of nitrogens with zero attached hydrogens (tertiary/aromatic N) is 3. The minimum atomic E-state index is -5.46. The summed E-state index contributed by atoms with van der Waals surface area (Å²) < 4.78 is 67.6. The van der Waals surface area contributed by atoms with E-state index < -0.39 is 20.2 Å². The van der Waals surface area contributed by atoms with Gasteiger partial charge in [0.2, 0.25) is 5.91 Å². The standard InChI is InChI=1S/C17H19F3N4O4S/c1-12-10-15(22-28-12)21-16(25)11-23-6-8-24(9-7-23)13-4-2-3-5-14(13)29(26,27)17(18,19)20/h2-5,10H,6-9,11H2,1H3,(H,21,22,25). The van der Waals surface area contributed by atoms with Gasteiger partial charge in [0.25, 0.3) is 9.84 Å². The van der Waals surface area contributed by atoms with Crippen LogP contribution in [-0.2, 0) is 14.6 Å². The Bertz CT molecular complexity index is 983. The molecule has 158 valence electrons. The summed E-state index contributed by atoms with van der Waals surface area (Å²) in [5.41, 5.74) is -5.37. The van der Waals surface area contributed by atoms with Crippen molar-refractivity contribution in [2.24, 2.45) is 0 Å². The Kier molecular flexibility index (Phi) is 5.85. The van der Waals surface area contributed by atoms with Crippen LogP contribution in [0.2, 0.25) is 0 Å². The van der Waals surface area contributed by atoms with Crippen LogP contribution in [-0.4, -0.2) is 62.6 Å². The molecule has 1 aromatic carbocycles. The van der Waals surface area contributed by atoms with E-state index in [-0.39, 0.29) is 31.2 Å². The maximum absolute atomic E-state index is 13.0. The molecule has 29 heavy (non-hydrogen) atoms. The van der Waals surface area contributed by atoms with E-state index in [2.05, 4.69) is 10.5 Å². The van der Waals surface area contributed by atoms with Gasteiger partial charge in [-0.1, -0.05) is 17.3 Å². The highest BCUT2D eigenvalue weighted by Crippen LogP contribution is 2.36. The van der Waals surface area contributed by atoms with Crippen LogP contribution in [0.15, 0.2) is 39.8 Å². The molecule has 1 aliphatic rings. The number of carbonyl (C=O) groups is 1. The number of benzene rings is 1. The average molecular weight is 432 g/mol. The molecule has 1 aliphatic heterocycles. The number of nitrogens with one attached hydrogen (secondary N) is 1. The normalized spacial score (nSPS) is 16.1. The lowest BCUT2D eigenvalue weighted by Gasteiger charge is -2.36. The second-order valence-electron chi connectivity index (χ2n) is 6.55. The van der Waals surface area contributed by atoms with Gasteiger partial charge in [-0.05, 0) is 19.1 Å². The Morgan fingerprint density at radius 3 is 2.45 bits per heavy atom. The van der Waals surface area contributed by atoms with E-state index in [1.54, 1.807) is 17.9 Å². The van der Waals surface area contributed by atoms with Crippen molar-refractivity contribution in [3.63, 3.8) is 0 Å². The van der Waals surface area contributed by atoms with Gasteiger partial charge in [-0.3, -0.25) is 9.69 Å². The molecular formula is C17H19F3N4O4S. The van der Waals surface area contributed by atoms with Crippen molar-refractivity contribution in [1.82, 2.24) is 10.1 Å². The number of aromatic nitrogens is 1. The number of hydrogen-bond donors (Lipinski definition) is 1. The fraction of sp³-hybridized carbons (Fsp3) is 0.412. The van der Waals surface area contributed by atoms with Gasteiger partial charge in [0.05, 0.1) is 17.1 Å². The number of hydrogen-bond acceptors (Lipinski definition) is 7. The first-order chi connectivity index (χ1) is 13.6. The second kappa shape index (κ2) is 8.03. The van der Waals surface area contributed by atoms with Crippen molar-refractivity contribution >= 4 is 27.2 Å². The van der Waals surface area contributed by atoms with Crippen molar-refractivity contribution in [3.8, 4) is 0 Å². The Balaban J connectivity index is 1.64. The summed E-state index contributed by atoms with van der Waals surface area (Å²) in [6.07, 6.45) is 0. The lowest BCUT2D eigenvalue weighted by Crippen LogP contribution is -2.49. The summed E-state index contributed by atoms with van der Waals surface area (Å²) in [6.45, 7) is 3.08. The zero-order valence-corrected chi connectivity index (χ0v) is 16.3. The predicted octanol–water partition coefficient (Wildman–Crippen LogP) is 2.04. The number of sulfone groups is 1. The SMILES string of the molecule is Cc1cc(NC(=O)CN2CCN(c3ccccc3S(=O)(=O)C(F)(F)F)CC2)no1. The summed E-state index contributed by atoms with van der Waals surface area (Å²) in [7, 11) is -5.46. The van der Waals surface area contributed by atoms with Crippen LogP contribution < -0.4 is 10.2 Å². The number of carbonyl (C=O) groups excluding carboxylic acids is 1. The number of aryl methyl sites for hydroxylation is 1. The third-order valence-corrected chi connectivity index (χ3v) is 5.97. The molecule has 0 unspecified atom stereocenters. The maximum atomic E-state index is 13.0. The van der Waals surface area contributed by atoms with E-state index in [0.29, 0.717) is 24.7 Å². The van der Waals surface area contributed by atoms with Crippen LogP contribution in [0.25, 0.3) is 0 Å². The quantitative estimate of drug-likeness (QED) is 0.773. The lowest BCUT2D eigenvalue weighted by molar-refractivity contribution is -0.117. The van der Waals surface area contributed by atoms with E-state index in [1.165, 1.54) is 18.2 Å². The smallest absolute Gasteiger partial charge is 0.368 e. The molecule has 0 spiro atoms. The Hall–Kier alpha value is -2.60. The zero-order valence-electron chi connectivity index (χ0n) is 15.4. The highest BCUT2D eigenvalue weighted by Gasteiger charge is 2.48. The fourth-order valence-corrected chi connectivity index (χ4v) is 4.01. The molecule has 0 atom stereocenters. The van der Waals surface area contributed by atoms with Gasteiger partial charge in [-0.2, -0.15) is 13.2 Å². The molecule has 8 nitrogen and oxygen atoms in total. The van der Waals surface area contributed by atoms with Crippen molar-refractivity contribution in [2.75, 3.05) is 42.9 Å². The lowest BCUT2D eigenvalue weighted by atomic mass is 10.2. The first-order valence-corrected chi connectivity index (χ1v) is 10.2. The summed E-state index contributed by atoms with van der Waals surface area (Å²) in [5, 5.41) is 6.27. The van der Waals surface area contributed by atoms with E-state index in [0.717, 1.165) is 6.07 Å². The van der Waals surface area contributed by atoms with E-state index >= 15 is 0 Å². The van der Waals surface area contributed by atoms with E-state index in [9.17, 15) is 26.4 Å². The van der Waals surface area contributed by atoms with Gasteiger partial charge in [0, 0.05) is 32.2 Å².